The van der Waals surface area contributed by atoms with Crippen LogP contribution in [0.5, 0.6) is 5.75 Å². The topological polar surface area (TPSA) is 59.1 Å². The average Bonchev–Trinajstić information content (AvgIpc) is 2.58. The molecule has 0 radical (unpaired) electrons. The Kier molecular flexibility index (Phi) is 5.19. The second-order valence-electron chi connectivity index (χ2n) is 5.66. The van der Waals surface area contributed by atoms with Gasteiger partial charge in [0.2, 0.25) is 5.95 Å². The largest absolute Gasteiger partial charge is 0.497 e. The van der Waals surface area contributed by atoms with Crippen LogP contribution < -0.4 is 15.4 Å². The van der Waals surface area contributed by atoms with Crippen molar-refractivity contribution in [3.05, 3.63) is 64.3 Å². The van der Waals surface area contributed by atoms with Crippen LogP contribution in [0.25, 0.3) is 0 Å². The van der Waals surface area contributed by atoms with Crippen molar-refractivity contribution in [2.24, 2.45) is 0 Å². The average molecular weight is 399 g/mol. The van der Waals surface area contributed by atoms with Gasteiger partial charge in [-0.25, -0.2) is 4.98 Å². The number of nitrogens with zero attached hydrogens (tertiary/aromatic N) is 2. The van der Waals surface area contributed by atoms with Gasteiger partial charge in [-0.05, 0) is 61.9 Å². The summed E-state index contributed by atoms with van der Waals surface area (Å²) in [6, 6.07) is 15.6. The Hall–Kier alpha value is -2.60. The molecule has 25 heavy (non-hydrogen) atoms. The zero-order valence-electron chi connectivity index (χ0n) is 14.3. The Bertz CT molecular complexity index is 881. The molecular formula is C19H19BrN4O. The lowest BCUT2D eigenvalue weighted by atomic mass is 10.2. The van der Waals surface area contributed by atoms with Crippen LogP contribution in [0.3, 0.4) is 0 Å². The highest BCUT2D eigenvalue weighted by Crippen LogP contribution is 2.24. The molecule has 3 rings (SSSR count). The number of hydrogen-bond donors (Lipinski definition) is 2. The van der Waals surface area contributed by atoms with E-state index in [1.54, 1.807) is 7.11 Å². The van der Waals surface area contributed by atoms with Crippen molar-refractivity contribution in [1.29, 1.82) is 0 Å². The van der Waals surface area contributed by atoms with Crippen molar-refractivity contribution < 1.29 is 4.74 Å². The molecule has 1 heterocycles. The quantitative estimate of drug-likeness (QED) is 0.606. The molecule has 0 fully saturated rings. The summed E-state index contributed by atoms with van der Waals surface area (Å²) < 4.78 is 6.22. The van der Waals surface area contributed by atoms with E-state index in [0.717, 1.165) is 38.7 Å². The molecule has 3 aromatic rings. The van der Waals surface area contributed by atoms with E-state index < -0.39 is 0 Å². The summed E-state index contributed by atoms with van der Waals surface area (Å²) in [5.41, 5.74) is 3.92. The fourth-order valence-electron chi connectivity index (χ4n) is 2.40. The van der Waals surface area contributed by atoms with Crippen LogP contribution in [-0.4, -0.2) is 17.1 Å². The zero-order valence-corrected chi connectivity index (χ0v) is 15.9. The summed E-state index contributed by atoms with van der Waals surface area (Å²) in [7, 11) is 1.65. The van der Waals surface area contributed by atoms with Gasteiger partial charge in [-0.3, -0.25) is 0 Å². The van der Waals surface area contributed by atoms with Crippen molar-refractivity contribution in [2.45, 2.75) is 13.8 Å². The standard InChI is InChI=1S/C19H19BrN4O/c1-12-10-14(20)4-9-17(12)23-18-11-13(2)21-19(24-18)22-15-5-7-16(25-3)8-6-15/h4-11H,1-3H3,(H2,21,22,23,24). The molecule has 5 nitrogen and oxygen atoms in total. The van der Waals surface area contributed by atoms with Crippen LogP contribution in [0, 0.1) is 13.8 Å². The molecule has 0 saturated heterocycles. The predicted molar refractivity (Wildman–Crippen MR) is 105 cm³/mol. The number of aromatic nitrogens is 2. The second-order valence-corrected chi connectivity index (χ2v) is 6.57. The number of hydrogen-bond acceptors (Lipinski definition) is 5. The van der Waals surface area contributed by atoms with Crippen molar-refractivity contribution in [3.63, 3.8) is 0 Å². The maximum Gasteiger partial charge on any atom is 0.229 e. The zero-order chi connectivity index (χ0) is 17.8. The van der Waals surface area contributed by atoms with Gasteiger partial charge in [0.05, 0.1) is 7.11 Å². The van der Waals surface area contributed by atoms with Gasteiger partial charge in [0.1, 0.15) is 11.6 Å². The Morgan fingerprint density at radius 2 is 1.68 bits per heavy atom. The third-order valence-electron chi connectivity index (χ3n) is 3.65. The summed E-state index contributed by atoms with van der Waals surface area (Å²) in [6.07, 6.45) is 0. The molecule has 0 aliphatic heterocycles. The molecular weight excluding hydrogens is 380 g/mol. The summed E-state index contributed by atoms with van der Waals surface area (Å²) in [5.74, 6) is 2.10. The van der Waals surface area contributed by atoms with Gasteiger partial charge >= 0.3 is 0 Å². The Morgan fingerprint density at radius 1 is 0.920 bits per heavy atom. The van der Waals surface area contributed by atoms with Gasteiger partial charge in [0, 0.05) is 27.6 Å². The molecule has 1 aromatic heterocycles. The first-order valence-electron chi connectivity index (χ1n) is 7.83. The molecule has 2 N–H and O–H groups in total. The van der Waals surface area contributed by atoms with Gasteiger partial charge < -0.3 is 15.4 Å². The molecule has 2 aromatic carbocycles. The molecule has 6 heteroatoms. The molecule has 0 aliphatic carbocycles. The highest BCUT2D eigenvalue weighted by atomic mass is 79.9. The van der Waals surface area contributed by atoms with E-state index in [-0.39, 0.29) is 0 Å². The number of halogens is 1. The molecule has 0 amide bonds. The number of anilines is 4. The van der Waals surface area contributed by atoms with E-state index in [1.807, 2.05) is 49.4 Å². The van der Waals surface area contributed by atoms with Crippen LogP contribution in [0.1, 0.15) is 11.3 Å². The van der Waals surface area contributed by atoms with Crippen LogP contribution in [-0.2, 0) is 0 Å². The number of nitrogens with one attached hydrogen (secondary N) is 2. The number of methoxy groups -OCH3 is 1. The molecule has 0 unspecified atom stereocenters. The van der Waals surface area contributed by atoms with Gasteiger partial charge in [-0.15, -0.1) is 0 Å². The number of rotatable bonds is 5. The fraction of sp³-hybridized carbons (Fsp3) is 0.158. The highest BCUT2D eigenvalue weighted by Gasteiger charge is 2.06. The van der Waals surface area contributed by atoms with Crippen molar-refractivity contribution >= 4 is 39.1 Å². The van der Waals surface area contributed by atoms with Crippen LogP contribution in [0.2, 0.25) is 0 Å². The van der Waals surface area contributed by atoms with Gasteiger partial charge in [0.15, 0.2) is 0 Å². The van der Waals surface area contributed by atoms with Gasteiger partial charge in [-0.1, -0.05) is 15.9 Å². The first-order chi connectivity index (χ1) is 12.0. The predicted octanol–water partition coefficient (Wildman–Crippen LogP) is 5.35. The number of aryl methyl sites for hydroxylation is 2. The minimum atomic E-state index is 0.544. The Balaban J connectivity index is 1.82. The minimum absolute atomic E-state index is 0.544. The second kappa shape index (κ2) is 7.53. The maximum atomic E-state index is 5.17. The Labute approximate surface area is 155 Å². The van der Waals surface area contributed by atoms with E-state index in [4.69, 9.17) is 4.74 Å². The summed E-state index contributed by atoms with van der Waals surface area (Å²) >= 11 is 3.48. The molecule has 0 aliphatic rings. The van der Waals surface area contributed by atoms with E-state index >= 15 is 0 Å². The highest BCUT2D eigenvalue weighted by molar-refractivity contribution is 9.10. The lowest BCUT2D eigenvalue weighted by Crippen LogP contribution is -2.03. The normalized spacial score (nSPS) is 10.4. The fourth-order valence-corrected chi connectivity index (χ4v) is 2.87. The van der Waals surface area contributed by atoms with Crippen LogP contribution in [0.4, 0.5) is 23.1 Å². The van der Waals surface area contributed by atoms with Crippen molar-refractivity contribution in [1.82, 2.24) is 9.97 Å². The lowest BCUT2D eigenvalue weighted by molar-refractivity contribution is 0.415. The molecule has 128 valence electrons. The van der Waals surface area contributed by atoms with Crippen LogP contribution in [0.15, 0.2) is 53.0 Å². The molecule has 0 spiro atoms. The summed E-state index contributed by atoms with van der Waals surface area (Å²) in [6.45, 7) is 4.00. The third-order valence-corrected chi connectivity index (χ3v) is 4.14. The van der Waals surface area contributed by atoms with Gasteiger partial charge in [0.25, 0.3) is 0 Å². The maximum absolute atomic E-state index is 5.17. The van der Waals surface area contributed by atoms with Crippen molar-refractivity contribution in [3.8, 4) is 5.75 Å². The summed E-state index contributed by atoms with van der Waals surface area (Å²) in [5, 5.41) is 6.57. The van der Waals surface area contributed by atoms with E-state index in [1.165, 1.54) is 0 Å². The van der Waals surface area contributed by atoms with Crippen molar-refractivity contribution in [2.75, 3.05) is 17.7 Å². The molecule has 0 atom stereocenters. The first-order valence-corrected chi connectivity index (χ1v) is 8.63. The summed E-state index contributed by atoms with van der Waals surface area (Å²) in [4.78, 5) is 9.00. The lowest BCUT2D eigenvalue weighted by Gasteiger charge is -2.12. The smallest absolute Gasteiger partial charge is 0.229 e. The number of ether oxygens (including phenoxy) is 1. The van der Waals surface area contributed by atoms with E-state index in [0.29, 0.717) is 5.95 Å². The first kappa shape index (κ1) is 17.2. The van der Waals surface area contributed by atoms with E-state index in [2.05, 4.69) is 49.5 Å². The monoisotopic (exact) mass is 398 g/mol. The Morgan fingerprint density at radius 3 is 2.36 bits per heavy atom. The SMILES string of the molecule is COc1ccc(Nc2nc(C)cc(Nc3ccc(Br)cc3C)n2)cc1. The molecule has 0 saturated carbocycles. The van der Waals surface area contributed by atoms with E-state index in [9.17, 15) is 0 Å². The minimum Gasteiger partial charge on any atom is -0.497 e. The third kappa shape index (κ3) is 4.48. The number of benzene rings is 2. The van der Waals surface area contributed by atoms with Gasteiger partial charge in [-0.2, -0.15) is 4.98 Å². The molecule has 0 bridgehead atoms. The van der Waals surface area contributed by atoms with Crippen LogP contribution >= 0.6 is 15.9 Å².